The molecule has 0 saturated carbocycles. The van der Waals surface area contributed by atoms with Gasteiger partial charge < -0.3 is 0 Å². The molecule has 1 aliphatic rings. The topological polar surface area (TPSA) is 49.7 Å². The molecule has 2 atom stereocenters. The van der Waals surface area contributed by atoms with E-state index in [1.807, 2.05) is 30.3 Å². The van der Waals surface area contributed by atoms with Crippen molar-refractivity contribution >= 4 is 32.8 Å². The first kappa shape index (κ1) is 12.3. The van der Waals surface area contributed by atoms with E-state index in [4.69, 9.17) is 0 Å². The predicted octanol–water partition coefficient (Wildman–Crippen LogP) is 1.93. The highest BCUT2D eigenvalue weighted by molar-refractivity contribution is 8.33. The summed E-state index contributed by atoms with van der Waals surface area (Å²) in [7, 11) is -1.15. The number of carbonyl (C=O) groups excluding carboxylic acids is 1. The van der Waals surface area contributed by atoms with Crippen LogP contribution in [0.3, 0.4) is 0 Å². The van der Waals surface area contributed by atoms with E-state index in [9.17, 15) is 9.00 Å². The van der Waals surface area contributed by atoms with Crippen molar-refractivity contribution in [1.82, 2.24) is 5.01 Å². The van der Waals surface area contributed by atoms with Crippen LogP contribution in [0.25, 0.3) is 0 Å². The molecule has 0 aliphatic carbocycles. The van der Waals surface area contributed by atoms with Gasteiger partial charge in [0.15, 0.2) is 4.38 Å². The summed E-state index contributed by atoms with van der Waals surface area (Å²) in [4.78, 5) is 11.5. The van der Waals surface area contributed by atoms with Crippen LogP contribution in [-0.2, 0) is 15.6 Å². The Labute approximate surface area is 107 Å². The van der Waals surface area contributed by atoms with Crippen LogP contribution in [0.4, 0.5) is 0 Å². The van der Waals surface area contributed by atoms with Crippen LogP contribution >= 0.6 is 11.8 Å². The number of thioether (sulfide) groups is 1. The van der Waals surface area contributed by atoms with Gasteiger partial charge in [-0.15, -0.1) is 0 Å². The fraction of sp³-hybridized carbons (Fsp3) is 0.273. The summed E-state index contributed by atoms with van der Waals surface area (Å²) in [5, 5.41) is 5.29. The number of benzene rings is 1. The van der Waals surface area contributed by atoms with Gasteiger partial charge in [-0.3, -0.25) is 9.00 Å². The third-order valence-electron chi connectivity index (χ3n) is 2.28. The summed E-state index contributed by atoms with van der Waals surface area (Å²) in [6, 6.07) is 9.61. The van der Waals surface area contributed by atoms with Gasteiger partial charge in [-0.2, -0.15) is 5.10 Å². The summed E-state index contributed by atoms with van der Waals surface area (Å²) in [6.45, 7) is 1.46. The maximum absolute atomic E-state index is 11.5. The first-order chi connectivity index (χ1) is 8.09. The molecule has 4 nitrogen and oxygen atoms in total. The van der Waals surface area contributed by atoms with Crippen molar-refractivity contribution in [3.8, 4) is 0 Å². The van der Waals surface area contributed by atoms with E-state index < -0.39 is 10.8 Å². The average molecular weight is 268 g/mol. The van der Waals surface area contributed by atoms with E-state index in [1.54, 1.807) is 6.26 Å². The molecule has 1 amide bonds. The monoisotopic (exact) mass is 268 g/mol. The van der Waals surface area contributed by atoms with Crippen LogP contribution in [0.2, 0.25) is 0 Å². The lowest BCUT2D eigenvalue weighted by Gasteiger charge is -2.18. The van der Waals surface area contributed by atoms with Crippen molar-refractivity contribution in [2.75, 3.05) is 6.26 Å². The zero-order valence-corrected chi connectivity index (χ0v) is 11.1. The Hall–Kier alpha value is -1.14. The van der Waals surface area contributed by atoms with Crippen LogP contribution < -0.4 is 0 Å². The fourth-order valence-electron chi connectivity index (χ4n) is 1.50. The lowest BCUT2D eigenvalue weighted by Crippen LogP contribution is -2.22. The molecule has 17 heavy (non-hydrogen) atoms. The molecule has 6 heteroatoms. The van der Waals surface area contributed by atoms with Crippen molar-refractivity contribution in [2.45, 2.75) is 12.3 Å². The van der Waals surface area contributed by atoms with E-state index >= 15 is 0 Å². The van der Waals surface area contributed by atoms with E-state index in [-0.39, 0.29) is 11.3 Å². The van der Waals surface area contributed by atoms with Gasteiger partial charge in [0.25, 0.3) is 0 Å². The molecule has 2 rings (SSSR count). The molecule has 90 valence electrons. The lowest BCUT2D eigenvalue weighted by atomic mass is 10.2. The highest BCUT2D eigenvalue weighted by Gasteiger charge is 2.32. The molecule has 0 aromatic heterocycles. The second-order valence-electron chi connectivity index (χ2n) is 3.56. The minimum atomic E-state index is -1.15. The van der Waals surface area contributed by atoms with Crippen LogP contribution in [-0.4, -0.2) is 25.8 Å². The second kappa shape index (κ2) is 5.01. The molecule has 1 aromatic rings. The standard InChI is InChI=1S/C11H12N2O2S2/c1-8(14)13-10(9-6-4-3-5-7-9)16-11(12-13)17(2)15/h3-7,10H,1-2H3. The number of hydrazone groups is 1. The summed E-state index contributed by atoms with van der Waals surface area (Å²) in [5.41, 5.74) is 0.983. The summed E-state index contributed by atoms with van der Waals surface area (Å²) < 4.78 is 11.9. The molecule has 0 radical (unpaired) electrons. The molecule has 0 saturated heterocycles. The van der Waals surface area contributed by atoms with Gasteiger partial charge in [0.1, 0.15) is 5.37 Å². The SMILES string of the molecule is CC(=O)N1N=C(S(C)=O)SC1c1ccccc1. The van der Waals surface area contributed by atoms with Crippen molar-refractivity contribution < 1.29 is 9.00 Å². The molecule has 2 unspecified atom stereocenters. The van der Waals surface area contributed by atoms with E-state index in [1.165, 1.54) is 23.7 Å². The third kappa shape index (κ3) is 2.58. The van der Waals surface area contributed by atoms with Gasteiger partial charge in [-0.25, -0.2) is 5.01 Å². The van der Waals surface area contributed by atoms with Gasteiger partial charge in [-0.1, -0.05) is 42.1 Å². The highest BCUT2D eigenvalue weighted by Crippen LogP contribution is 2.39. The Balaban J connectivity index is 2.31. The third-order valence-corrected chi connectivity index (χ3v) is 4.82. The van der Waals surface area contributed by atoms with Gasteiger partial charge in [-0.05, 0) is 5.56 Å². The van der Waals surface area contributed by atoms with Crippen molar-refractivity contribution in [3.05, 3.63) is 35.9 Å². The van der Waals surface area contributed by atoms with E-state index in [0.717, 1.165) is 5.56 Å². The van der Waals surface area contributed by atoms with Crippen molar-refractivity contribution in [1.29, 1.82) is 0 Å². The number of hydrogen-bond acceptors (Lipinski definition) is 4. The molecule has 1 aromatic carbocycles. The predicted molar refractivity (Wildman–Crippen MR) is 70.8 cm³/mol. The Morgan fingerprint density at radius 2 is 2.06 bits per heavy atom. The molecule has 0 spiro atoms. The molecule has 1 aliphatic heterocycles. The lowest BCUT2D eigenvalue weighted by molar-refractivity contribution is -0.129. The maximum Gasteiger partial charge on any atom is 0.240 e. The Morgan fingerprint density at radius 3 is 2.59 bits per heavy atom. The zero-order chi connectivity index (χ0) is 12.4. The second-order valence-corrected chi connectivity index (χ2v) is 6.19. The molecule has 1 heterocycles. The van der Waals surface area contributed by atoms with Crippen molar-refractivity contribution in [3.63, 3.8) is 0 Å². The summed E-state index contributed by atoms with van der Waals surface area (Å²) in [5.74, 6) is -0.146. The molecule has 0 bridgehead atoms. The minimum absolute atomic E-state index is 0.146. The first-order valence-corrected chi connectivity index (χ1v) is 7.47. The van der Waals surface area contributed by atoms with Crippen LogP contribution in [0.5, 0.6) is 0 Å². The number of nitrogens with zero attached hydrogens (tertiary/aromatic N) is 2. The Bertz CT molecular complexity index is 488. The number of hydrogen-bond donors (Lipinski definition) is 0. The molecular formula is C11H12N2O2S2. The average Bonchev–Trinajstić information content (AvgIpc) is 2.75. The van der Waals surface area contributed by atoms with E-state index in [0.29, 0.717) is 4.38 Å². The first-order valence-electron chi connectivity index (χ1n) is 5.03. The molecular weight excluding hydrogens is 256 g/mol. The smallest absolute Gasteiger partial charge is 0.240 e. The number of carbonyl (C=O) groups is 1. The summed E-state index contributed by atoms with van der Waals surface area (Å²) in [6.07, 6.45) is 1.57. The largest absolute Gasteiger partial charge is 0.273 e. The maximum atomic E-state index is 11.5. The molecule has 0 N–H and O–H groups in total. The fourth-order valence-corrected chi connectivity index (χ4v) is 3.43. The van der Waals surface area contributed by atoms with Gasteiger partial charge in [0.05, 0.1) is 10.8 Å². The molecule has 0 fully saturated rings. The number of amides is 1. The van der Waals surface area contributed by atoms with Gasteiger partial charge >= 0.3 is 0 Å². The van der Waals surface area contributed by atoms with Crippen molar-refractivity contribution in [2.24, 2.45) is 5.10 Å². The Kier molecular flexibility index (Phi) is 3.63. The van der Waals surface area contributed by atoms with Gasteiger partial charge in [0, 0.05) is 13.2 Å². The van der Waals surface area contributed by atoms with E-state index in [2.05, 4.69) is 5.10 Å². The zero-order valence-electron chi connectivity index (χ0n) is 9.49. The Morgan fingerprint density at radius 1 is 1.41 bits per heavy atom. The minimum Gasteiger partial charge on any atom is -0.273 e. The van der Waals surface area contributed by atoms with Crippen LogP contribution in [0.1, 0.15) is 17.9 Å². The van der Waals surface area contributed by atoms with Crippen LogP contribution in [0, 0.1) is 0 Å². The number of rotatable bonds is 1. The normalized spacial score (nSPS) is 21.2. The van der Waals surface area contributed by atoms with Crippen LogP contribution in [0.15, 0.2) is 35.4 Å². The van der Waals surface area contributed by atoms with Gasteiger partial charge in [0.2, 0.25) is 5.91 Å². The quantitative estimate of drug-likeness (QED) is 0.782. The highest BCUT2D eigenvalue weighted by atomic mass is 32.2. The summed E-state index contributed by atoms with van der Waals surface area (Å²) >= 11 is 1.36.